The summed E-state index contributed by atoms with van der Waals surface area (Å²) in [5, 5.41) is 2.36. The summed E-state index contributed by atoms with van der Waals surface area (Å²) in [5.41, 5.74) is 5.57. The Kier molecular flexibility index (Phi) is 5.26. The lowest BCUT2D eigenvalue weighted by atomic mass is 10.2. The number of nitrogens with two attached hydrogens (primary N) is 1. The van der Waals surface area contributed by atoms with E-state index in [2.05, 4.69) is 5.32 Å². The lowest BCUT2D eigenvalue weighted by molar-refractivity contribution is -0.145. The molecule has 0 unspecified atom stereocenters. The molecule has 0 radical (unpaired) electrons. The fraction of sp³-hybridized carbons (Fsp3) is 0.333. The van der Waals surface area contributed by atoms with Gasteiger partial charge in [0.05, 0.1) is 0 Å². The summed E-state index contributed by atoms with van der Waals surface area (Å²) in [6.45, 7) is 0.537. The van der Waals surface area contributed by atoms with Crippen LogP contribution in [0.2, 0.25) is 0 Å². The van der Waals surface area contributed by atoms with Crippen molar-refractivity contribution in [1.29, 1.82) is 0 Å². The van der Waals surface area contributed by atoms with Crippen molar-refractivity contribution in [3.05, 3.63) is 35.6 Å². The number of halogens is 1. The lowest BCUT2D eigenvalue weighted by Crippen LogP contribution is -2.42. The maximum atomic E-state index is 13.4. The number of amides is 2. The van der Waals surface area contributed by atoms with Gasteiger partial charge in [-0.15, -0.1) is 0 Å². The van der Waals surface area contributed by atoms with Gasteiger partial charge in [0.15, 0.2) is 0 Å². The minimum absolute atomic E-state index is 0.0432. The molecule has 0 saturated heterocycles. The maximum Gasteiger partial charge on any atom is 0.311 e. The van der Waals surface area contributed by atoms with Crippen LogP contribution in [0, 0.1) is 5.82 Å². The van der Waals surface area contributed by atoms with Crippen molar-refractivity contribution >= 4 is 11.8 Å². The summed E-state index contributed by atoms with van der Waals surface area (Å²) in [6, 6.07) is 6.11. The van der Waals surface area contributed by atoms with Crippen LogP contribution in [0.25, 0.3) is 0 Å². The van der Waals surface area contributed by atoms with Gasteiger partial charge in [0.25, 0.3) is 0 Å². The summed E-state index contributed by atoms with van der Waals surface area (Å²) in [5.74, 6) is -1.86. The van der Waals surface area contributed by atoms with E-state index in [-0.39, 0.29) is 19.6 Å². The smallest absolute Gasteiger partial charge is 0.311 e. The molecule has 0 spiro atoms. The van der Waals surface area contributed by atoms with Crippen molar-refractivity contribution in [3.63, 3.8) is 0 Å². The van der Waals surface area contributed by atoms with Crippen LogP contribution in [0.1, 0.15) is 5.56 Å². The Balaban J connectivity index is 2.60. The second-order valence-electron chi connectivity index (χ2n) is 3.80. The van der Waals surface area contributed by atoms with Gasteiger partial charge in [-0.25, -0.2) is 4.39 Å². The quantitative estimate of drug-likeness (QED) is 0.733. The van der Waals surface area contributed by atoms with Gasteiger partial charge in [-0.1, -0.05) is 18.2 Å². The average Bonchev–Trinajstić information content (AvgIpc) is 2.37. The van der Waals surface area contributed by atoms with E-state index < -0.39 is 17.6 Å². The summed E-state index contributed by atoms with van der Waals surface area (Å²) in [7, 11) is 1.44. The highest BCUT2D eigenvalue weighted by Gasteiger charge is 2.18. The molecule has 0 fully saturated rings. The van der Waals surface area contributed by atoms with Crippen LogP contribution in [-0.2, 0) is 16.1 Å². The first-order valence-electron chi connectivity index (χ1n) is 5.53. The molecule has 1 aromatic carbocycles. The number of likely N-dealkylation sites (N-methyl/N-ethyl adjacent to an activating group) is 1. The Hall–Kier alpha value is -1.95. The molecule has 98 valence electrons. The molecule has 0 aliphatic rings. The summed E-state index contributed by atoms with van der Waals surface area (Å²) in [6.07, 6.45) is 0. The van der Waals surface area contributed by atoms with Gasteiger partial charge in [0.2, 0.25) is 0 Å². The number of rotatable bonds is 4. The van der Waals surface area contributed by atoms with Gasteiger partial charge < -0.3 is 16.0 Å². The van der Waals surface area contributed by atoms with Gasteiger partial charge in [0, 0.05) is 32.2 Å². The number of benzene rings is 1. The fourth-order valence-electron chi connectivity index (χ4n) is 1.39. The second-order valence-corrected chi connectivity index (χ2v) is 3.80. The predicted octanol–water partition coefficient (Wildman–Crippen LogP) is -0.141. The molecule has 1 aromatic rings. The van der Waals surface area contributed by atoms with Crippen LogP contribution in [0.3, 0.4) is 0 Å². The molecular formula is C12H16FN3O2. The largest absolute Gasteiger partial charge is 0.347 e. The highest BCUT2D eigenvalue weighted by molar-refractivity contribution is 6.34. The molecule has 2 amide bonds. The third-order valence-corrected chi connectivity index (χ3v) is 2.34. The molecule has 5 nitrogen and oxygen atoms in total. The number of hydrogen-bond acceptors (Lipinski definition) is 3. The van der Waals surface area contributed by atoms with Gasteiger partial charge >= 0.3 is 11.8 Å². The van der Waals surface area contributed by atoms with E-state index in [1.807, 2.05) is 0 Å². The summed E-state index contributed by atoms with van der Waals surface area (Å²) in [4.78, 5) is 24.1. The van der Waals surface area contributed by atoms with Crippen molar-refractivity contribution < 1.29 is 14.0 Å². The van der Waals surface area contributed by atoms with Crippen molar-refractivity contribution in [2.24, 2.45) is 5.73 Å². The van der Waals surface area contributed by atoms with E-state index in [0.29, 0.717) is 5.56 Å². The monoisotopic (exact) mass is 253 g/mol. The van der Waals surface area contributed by atoms with E-state index in [4.69, 9.17) is 5.73 Å². The van der Waals surface area contributed by atoms with Crippen molar-refractivity contribution in [2.45, 2.75) is 6.54 Å². The fourth-order valence-corrected chi connectivity index (χ4v) is 1.39. The number of nitrogens with zero attached hydrogens (tertiary/aromatic N) is 1. The number of hydrogen-bond donors (Lipinski definition) is 2. The molecule has 0 aliphatic heterocycles. The van der Waals surface area contributed by atoms with Crippen LogP contribution in [-0.4, -0.2) is 36.9 Å². The maximum absolute atomic E-state index is 13.4. The summed E-state index contributed by atoms with van der Waals surface area (Å²) < 4.78 is 13.4. The molecule has 18 heavy (non-hydrogen) atoms. The minimum atomic E-state index is -0.737. The van der Waals surface area contributed by atoms with E-state index in [0.717, 1.165) is 4.90 Å². The predicted molar refractivity (Wildman–Crippen MR) is 64.9 cm³/mol. The standard InChI is InChI=1S/C12H16FN3O2/c1-16(12(18)11(17)15-7-6-14)8-9-4-2-3-5-10(9)13/h2-5H,6-8,14H2,1H3,(H,15,17). The lowest BCUT2D eigenvalue weighted by Gasteiger charge is -2.16. The Morgan fingerprint density at radius 3 is 2.67 bits per heavy atom. The van der Waals surface area contributed by atoms with E-state index in [1.54, 1.807) is 18.2 Å². The van der Waals surface area contributed by atoms with Crippen molar-refractivity contribution in [1.82, 2.24) is 10.2 Å². The number of carbonyl (C=O) groups is 2. The van der Waals surface area contributed by atoms with Gasteiger partial charge in [-0.3, -0.25) is 9.59 Å². The molecule has 0 aliphatic carbocycles. The van der Waals surface area contributed by atoms with Gasteiger partial charge in [-0.2, -0.15) is 0 Å². The Labute approximate surface area is 105 Å². The third-order valence-electron chi connectivity index (χ3n) is 2.34. The van der Waals surface area contributed by atoms with Crippen LogP contribution >= 0.6 is 0 Å². The van der Waals surface area contributed by atoms with Crippen LogP contribution in [0.15, 0.2) is 24.3 Å². The van der Waals surface area contributed by atoms with E-state index in [9.17, 15) is 14.0 Å². The van der Waals surface area contributed by atoms with Crippen LogP contribution < -0.4 is 11.1 Å². The Morgan fingerprint density at radius 2 is 2.06 bits per heavy atom. The zero-order valence-corrected chi connectivity index (χ0v) is 10.1. The molecule has 6 heteroatoms. The first kappa shape index (κ1) is 14.1. The third kappa shape index (κ3) is 3.81. The molecular weight excluding hydrogens is 237 g/mol. The number of carbonyl (C=O) groups excluding carboxylic acids is 2. The molecule has 3 N–H and O–H groups in total. The van der Waals surface area contributed by atoms with E-state index >= 15 is 0 Å². The number of nitrogens with one attached hydrogen (secondary N) is 1. The second kappa shape index (κ2) is 6.70. The zero-order chi connectivity index (χ0) is 13.5. The normalized spacial score (nSPS) is 9.94. The van der Waals surface area contributed by atoms with Crippen molar-refractivity contribution in [3.8, 4) is 0 Å². The van der Waals surface area contributed by atoms with Crippen LogP contribution in [0.5, 0.6) is 0 Å². The zero-order valence-electron chi connectivity index (χ0n) is 10.1. The van der Waals surface area contributed by atoms with E-state index in [1.165, 1.54) is 13.1 Å². The highest BCUT2D eigenvalue weighted by atomic mass is 19.1. The molecule has 0 heterocycles. The highest BCUT2D eigenvalue weighted by Crippen LogP contribution is 2.08. The van der Waals surface area contributed by atoms with Gasteiger partial charge in [0.1, 0.15) is 5.82 Å². The Bertz CT molecular complexity index is 437. The molecule has 1 rings (SSSR count). The first-order valence-corrected chi connectivity index (χ1v) is 5.53. The minimum Gasteiger partial charge on any atom is -0.347 e. The molecule has 0 bridgehead atoms. The van der Waals surface area contributed by atoms with Crippen LogP contribution in [0.4, 0.5) is 4.39 Å². The van der Waals surface area contributed by atoms with Crippen molar-refractivity contribution in [2.75, 3.05) is 20.1 Å². The topological polar surface area (TPSA) is 75.4 Å². The Morgan fingerprint density at radius 1 is 1.39 bits per heavy atom. The summed E-state index contributed by atoms with van der Waals surface area (Å²) >= 11 is 0. The SMILES string of the molecule is CN(Cc1ccccc1F)C(=O)C(=O)NCCN. The molecule has 0 aromatic heterocycles. The molecule has 0 saturated carbocycles. The molecule has 0 atom stereocenters. The van der Waals surface area contributed by atoms with Gasteiger partial charge in [-0.05, 0) is 6.07 Å². The average molecular weight is 253 g/mol. The first-order chi connectivity index (χ1) is 8.56.